The first-order chi connectivity index (χ1) is 11.9. The Morgan fingerprint density at radius 1 is 1.12 bits per heavy atom. The molecule has 0 spiro atoms. The molecule has 5 nitrogen and oxygen atoms in total. The van der Waals surface area contributed by atoms with Crippen molar-refractivity contribution in [3.63, 3.8) is 0 Å². The Morgan fingerprint density at radius 3 is 2.44 bits per heavy atom. The van der Waals surface area contributed by atoms with E-state index < -0.39 is 11.8 Å². The number of aryl methyl sites for hydroxylation is 1. The lowest BCUT2D eigenvalue weighted by Crippen LogP contribution is -2.37. The highest BCUT2D eigenvalue weighted by Gasteiger charge is 2.19. The number of carbonyl (C=O) groups excluding carboxylic acids is 2. The Hall–Kier alpha value is -2.34. The third-order valence-electron chi connectivity index (χ3n) is 3.59. The molecule has 1 unspecified atom stereocenters. The van der Waals surface area contributed by atoms with E-state index in [1.165, 1.54) is 0 Å². The molecule has 2 amide bonds. The molecule has 2 N–H and O–H groups in total. The number of ether oxygens (including phenoxy) is 1. The Balaban J connectivity index is 2.05. The van der Waals surface area contributed by atoms with Crippen molar-refractivity contribution in [3.05, 3.63) is 58.1 Å². The van der Waals surface area contributed by atoms with Crippen LogP contribution in [0.25, 0.3) is 0 Å². The number of benzene rings is 2. The summed E-state index contributed by atoms with van der Waals surface area (Å²) >= 11 is 3.32. The normalized spacial score (nSPS) is 11.5. The van der Waals surface area contributed by atoms with E-state index in [4.69, 9.17) is 4.74 Å². The first-order valence-corrected chi connectivity index (χ1v) is 8.80. The minimum absolute atomic E-state index is 0.357. The molecule has 2 rings (SSSR count). The van der Waals surface area contributed by atoms with Gasteiger partial charge in [0, 0.05) is 15.7 Å². The molecule has 25 heavy (non-hydrogen) atoms. The molecule has 0 aliphatic rings. The van der Waals surface area contributed by atoms with Gasteiger partial charge in [-0.1, -0.05) is 33.6 Å². The molecule has 6 heteroatoms. The van der Waals surface area contributed by atoms with Crippen LogP contribution >= 0.6 is 15.9 Å². The lowest BCUT2D eigenvalue weighted by Gasteiger charge is -2.18. The van der Waals surface area contributed by atoms with E-state index in [-0.39, 0.29) is 6.04 Å². The zero-order valence-electron chi connectivity index (χ0n) is 14.4. The zero-order chi connectivity index (χ0) is 18.4. The van der Waals surface area contributed by atoms with Gasteiger partial charge in [0.15, 0.2) is 0 Å². The minimum atomic E-state index is -0.709. The minimum Gasteiger partial charge on any atom is -0.494 e. The van der Waals surface area contributed by atoms with E-state index in [9.17, 15) is 9.59 Å². The molecule has 1 atom stereocenters. The van der Waals surface area contributed by atoms with E-state index >= 15 is 0 Å². The molecule has 132 valence electrons. The average Bonchev–Trinajstić information content (AvgIpc) is 2.58. The van der Waals surface area contributed by atoms with Crippen molar-refractivity contribution in [1.82, 2.24) is 5.32 Å². The number of anilines is 1. The summed E-state index contributed by atoms with van der Waals surface area (Å²) in [4.78, 5) is 24.3. The number of hydrogen-bond acceptors (Lipinski definition) is 3. The lowest BCUT2D eigenvalue weighted by molar-refractivity contribution is -0.136. The van der Waals surface area contributed by atoms with Gasteiger partial charge < -0.3 is 15.4 Å². The fourth-order valence-electron chi connectivity index (χ4n) is 2.35. The predicted molar refractivity (Wildman–Crippen MR) is 102 cm³/mol. The number of rotatable bonds is 5. The van der Waals surface area contributed by atoms with Gasteiger partial charge in [0.1, 0.15) is 5.75 Å². The summed E-state index contributed by atoms with van der Waals surface area (Å²) in [6.45, 7) is 6.22. The third-order valence-corrected chi connectivity index (χ3v) is 4.12. The van der Waals surface area contributed by atoms with Gasteiger partial charge in [-0.2, -0.15) is 0 Å². The molecular weight excluding hydrogens is 384 g/mol. The van der Waals surface area contributed by atoms with Crippen LogP contribution < -0.4 is 15.4 Å². The second-order valence-electron chi connectivity index (χ2n) is 5.63. The number of hydrogen-bond donors (Lipinski definition) is 2. The molecule has 0 aromatic heterocycles. The molecule has 0 saturated carbocycles. The van der Waals surface area contributed by atoms with Crippen molar-refractivity contribution >= 4 is 33.4 Å². The monoisotopic (exact) mass is 404 g/mol. The summed E-state index contributed by atoms with van der Waals surface area (Å²) < 4.78 is 6.50. The number of carbonyl (C=O) groups is 2. The molecule has 0 aliphatic heterocycles. The fraction of sp³-hybridized carbons (Fsp3) is 0.263. The highest BCUT2D eigenvalue weighted by Crippen LogP contribution is 2.26. The second kappa shape index (κ2) is 8.67. The van der Waals surface area contributed by atoms with Crippen LogP contribution in [0.5, 0.6) is 5.75 Å². The van der Waals surface area contributed by atoms with Gasteiger partial charge in [-0.3, -0.25) is 9.59 Å². The second-order valence-corrected chi connectivity index (χ2v) is 6.55. The van der Waals surface area contributed by atoms with E-state index in [1.54, 1.807) is 24.3 Å². The van der Waals surface area contributed by atoms with Gasteiger partial charge in [-0.25, -0.2) is 0 Å². The quantitative estimate of drug-likeness (QED) is 0.740. The van der Waals surface area contributed by atoms with Crippen LogP contribution in [0.15, 0.2) is 46.9 Å². The smallest absolute Gasteiger partial charge is 0.313 e. The van der Waals surface area contributed by atoms with Crippen LogP contribution in [0, 0.1) is 6.92 Å². The van der Waals surface area contributed by atoms with E-state index in [0.717, 1.165) is 15.6 Å². The molecule has 0 saturated heterocycles. The van der Waals surface area contributed by atoms with Crippen LogP contribution in [0.4, 0.5) is 5.69 Å². The van der Waals surface area contributed by atoms with Gasteiger partial charge in [-0.15, -0.1) is 0 Å². The molecule has 0 aliphatic carbocycles. The van der Waals surface area contributed by atoms with Crippen molar-refractivity contribution in [2.45, 2.75) is 26.8 Å². The number of nitrogens with one attached hydrogen (secondary N) is 2. The van der Waals surface area contributed by atoms with Gasteiger partial charge >= 0.3 is 11.8 Å². The van der Waals surface area contributed by atoms with Crippen molar-refractivity contribution in [2.24, 2.45) is 0 Å². The van der Waals surface area contributed by atoms with Crippen LogP contribution in [0.1, 0.15) is 31.0 Å². The predicted octanol–water partition coefficient (Wildman–Crippen LogP) is 3.97. The zero-order valence-corrected chi connectivity index (χ0v) is 16.0. The molecule has 0 heterocycles. The van der Waals surface area contributed by atoms with Crippen molar-refractivity contribution in [2.75, 3.05) is 11.9 Å². The maximum atomic E-state index is 12.2. The number of amides is 2. The molecule has 0 radical (unpaired) electrons. The highest BCUT2D eigenvalue weighted by atomic mass is 79.9. The molecular formula is C19H21BrN2O3. The van der Waals surface area contributed by atoms with Crippen LogP contribution in [0.3, 0.4) is 0 Å². The summed E-state index contributed by atoms with van der Waals surface area (Å²) in [5, 5.41) is 5.29. The maximum absolute atomic E-state index is 12.2. The number of halogens is 1. The van der Waals surface area contributed by atoms with E-state index in [1.807, 2.05) is 39.0 Å². The van der Waals surface area contributed by atoms with Gasteiger partial charge in [0.2, 0.25) is 0 Å². The topological polar surface area (TPSA) is 67.4 Å². The molecule has 2 aromatic carbocycles. The highest BCUT2D eigenvalue weighted by molar-refractivity contribution is 9.10. The Morgan fingerprint density at radius 2 is 1.80 bits per heavy atom. The summed E-state index contributed by atoms with van der Waals surface area (Å²) in [5.41, 5.74) is 2.45. The van der Waals surface area contributed by atoms with E-state index in [2.05, 4.69) is 26.6 Å². The fourth-order valence-corrected chi connectivity index (χ4v) is 2.62. The summed E-state index contributed by atoms with van der Waals surface area (Å²) in [5.74, 6) is -0.701. The van der Waals surface area contributed by atoms with Crippen LogP contribution in [-0.2, 0) is 9.59 Å². The summed E-state index contributed by atoms with van der Waals surface area (Å²) in [7, 11) is 0. The van der Waals surface area contributed by atoms with Crippen LogP contribution in [0.2, 0.25) is 0 Å². The van der Waals surface area contributed by atoms with Crippen molar-refractivity contribution < 1.29 is 14.3 Å². The standard InChI is InChI=1S/C19H21BrN2O3/c1-4-25-17-10-5-12(2)11-16(17)13(3)21-18(23)19(24)22-15-8-6-14(20)7-9-15/h5-11,13H,4H2,1-3H3,(H,21,23)(H,22,24). The Kier molecular flexibility index (Phi) is 6.58. The van der Waals surface area contributed by atoms with Gasteiger partial charge in [0.05, 0.1) is 12.6 Å². The molecule has 0 bridgehead atoms. The first kappa shape index (κ1) is 19.0. The third kappa shape index (κ3) is 5.32. The van der Waals surface area contributed by atoms with Crippen molar-refractivity contribution in [1.29, 1.82) is 0 Å². The average molecular weight is 405 g/mol. The summed E-state index contributed by atoms with van der Waals surface area (Å²) in [6, 6.07) is 12.4. The molecule has 0 fully saturated rings. The Labute approximate surface area is 155 Å². The lowest BCUT2D eigenvalue weighted by atomic mass is 10.0. The van der Waals surface area contributed by atoms with Crippen LogP contribution in [-0.4, -0.2) is 18.4 Å². The Bertz CT molecular complexity index is 760. The molecule has 2 aromatic rings. The van der Waals surface area contributed by atoms with Crippen molar-refractivity contribution in [3.8, 4) is 5.75 Å². The van der Waals surface area contributed by atoms with Gasteiger partial charge in [-0.05, 0) is 51.1 Å². The first-order valence-electron chi connectivity index (χ1n) is 8.01. The largest absolute Gasteiger partial charge is 0.494 e. The maximum Gasteiger partial charge on any atom is 0.313 e. The van der Waals surface area contributed by atoms with E-state index in [0.29, 0.717) is 18.0 Å². The van der Waals surface area contributed by atoms with Gasteiger partial charge in [0.25, 0.3) is 0 Å². The SMILES string of the molecule is CCOc1ccc(C)cc1C(C)NC(=O)C(=O)Nc1ccc(Br)cc1. The summed E-state index contributed by atoms with van der Waals surface area (Å²) in [6.07, 6.45) is 0.